The normalized spacial score (nSPS) is 16.5. The van der Waals surface area contributed by atoms with Crippen molar-refractivity contribution >= 4 is 17.9 Å². The summed E-state index contributed by atoms with van der Waals surface area (Å²) in [6, 6.07) is -0.108. The first-order valence-electron chi connectivity index (χ1n) is 7.40. The van der Waals surface area contributed by atoms with E-state index in [9.17, 15) is 14.4 Å². The summed E-state index contributed by atoms with van der Waals surface area (Å²) < 4.78 is 0. The van der Waals surface area contributed by atoms with Crippen LogP contribution in [0.3, 0.4) is 0 Å². The van der Waals surface area contributed by atoms with Crippen LogP contribution in [0.15, 0.2) is 0 Å². The van der Waals surface area contributed by atoms with Crippen LogP contribution in [0.25, 0.3) is 0 Å². The third-order valence-electron chi connectivity index (χ3n) is 3.78. The number of carboxylic acid groups (broad SMARTS) is 1. The quantitative estimate of drug-likeness (QED) is 0.757. The Balaban J connectivity index is 2.17. The number of amides is 3. The van der Waals surface area contributed by atoms with E-state index in [-0.39, 0.29) is 24.3 Å². The molecular weight excluding hydrogens is 274 g/mol. The van der Waals surface area contributed by atoms with Crippen molar-refractivity contribution in [2.75, 3.05) is 32.7 Å². The molecule has 0 radical (unpaired) electrons. The molecule has 1 aliphatic rings. The van der Waals surface area contributed by atoms with Crippen LogP contribution in [0.5, 0.6) is 0 Å². The standard InChI is InChI=1S/C14H25N3O4/c1-11(3-4-13(19)20)5-6-15-14(21)17-9-7-16(8-10-17)12(2)18/h11H,3-10H2,1-2H3,(H,15,21)(H,19,20). The summed E-state index contributed by atoms with van der Waals surface area (Å²) in [6.07, 6.45) is 1.57. The van der Waals surface area contributed by atoms with Crippen molar-refractivity contribution in [3.63, 3.8) is 0 Å². The largest absolute Gasteiger partial charge is 0.481 e. The average molecular weight is 299 g/mol. The fraction of sp³-hybridized carbons (Fsp3) is 0.786. The van der Waals surface area contributed by atoms with Gasteiger partial charge in [-0.2, -0.15) is 0 Å². The number of carbonyl (C=O) groups is 3. The number of aliphatic carboxylic acids is 1. The number of rotatable bonds is 6. The molecule has 120 valence electrons. The van der Waals surface area contributed by atoms with Crippen molar-refractivity contribution in [1.29, 1.82) is 0 Å². The number of urea groups is 1. The first-order valence-corrected chi connectivity index (χ1v) is 7.40. The van der Waals surface area contributed by atoms with E-state index in [1.165, 1.54) is 6.92 Å². The van der Waals surface area contributed by atoms with Crippen LogP contribution in [0, 0.1) is 5.92 Å². The first-order chi connectivity index (χ1) is 9.90. The van der Waals surface area contributed by atoms with E-state index in [0.29, 0.717) is 39.1 Å². The van der Waals surface area contributed by atoms with E-state index >= 15 is 0 Å². The monoisotopic (exact) mass is 299 g/mol. The van der Waals surface area contributed by atoms with Crippen molar-refractivity contribution in [2.45, 2.75) is 33.1 Å². The number of nitrogens with zero attached hydrogens (tertiary/aromatic N) is 2. The van der Waals surface area contributed by atoms with Crippen LogP contribution in [-0.2, 0) is 9.59 Å². The maximum absolute atomic E-state index is 11.9. The Kier molecular flexibility index (Phi) is 6.98. The Morgan fingerprint density at radius 2 is 1.67 bits per heavy atom. The molecule has 2 N–H and O–H groups in total. The summed E-state index contributed by atoms with van der Waals surface area (Å²) in [6.45, 7) is 6.34. The fourth-order valence-corrected chi connectivity index (χ4v) is 2.28. The molecule has 0 aromatic carbocycles. The molecule has 3 amide bonds. The van der Waals surface area contributed by atoms with Gasteiger partial charge in [0.2, 0.25) is 5.91 Å². The van der Waals surface area contributed by atoms with Gasteiger partial charge in [-0.1, -0.05) is 6.92 Å². The van der Waals surface area contributed by atoms with E-state index < -0.39 is 5.97 Å². The average Bonchev–Trinajstić information content (AvgIpc) is 2.45. The number of carboxylic acids is 1. The molecule has 1 saturated heterocycles. The van der Waals surface area contributed by atoms with E-state index in [0.717, 1.165) is 6.42 Å². The van der Waals surface area contributed by atoms with Crippen LogP contribution in [0.1, 0.15) is 33.1 Å². The van der Waals surface area contributed by atoms with Gasteiger partial charge in [0.05, 0.1) is 0 Å². The molecule has 1 rings (SSSR count). The summed E-state index contributed by atoms with van der Waals surface area (Å²) in [5.74, 6) is -0.465. The minimum atomic E-state index is -0.783. The molecule has 0 bridgehead atoms. The minimum Gasteiger partial charge on any atom is -0.481 e. The third kappa shape index (κ3) is 6.46. The number of hydrogen-bond acceptors (Lipinski definition) is 3. The number of piperazine rings is 1. The molecule has 1 fully saturated rings. The van der Waals surface area contributed by atoms with Crippen molar-refractivity contribution in [1.82, 2.24) is 15.1 Å². The molecule has 0 spiro atoms. The lowest BCUT2D eigenvalue weighted by Crippen LogP contribution is -2.52. The highest BCUT2D eigenvalue weighted by molar-refractivity contribution is 5.76. The lowest BCUT2D eigenvalue weighted by Gasteiger charge is -2.34. The molecule has 0 saturated carbocycles. The highest BCUT2D eigenvalue weighted by atomic mass is 16.4. The summed E-state index contributed by atoms with van der Waals surface area (Å²) in [7, 11) is 0. The smallest absolute Gasteiger partial charge is 0.317 e. The molecule has 0 aromatic heterocycles. The summed E-state index contributed by atoms with van der Waals surface area (Å²) >= 11 is 0. The van der Waals surface area contributed by atoms with E-state index in [4.69, 9.17) is 5.11 Å². The summed E-state index contributed by atoms with van der Waals surface area (Å²) in [4.78, 5) is 37.0. The number of hydrogen-bond donors (Lipinski definition) is 2. The van der Waals surface area contributed by atoms with Gasteiger partial charge < -0.3 is 20.2 Å². The van der Waals surface area contributed by atoms with E-state index in [1.807, 2.05) is 6.92 Å². The van der Waals surface area contributed by atoms with Gasteiger partial charge in [0.1, 0.15) is 0 Å². The maximum atomic E-state index is 11.9. The van der Waals surface area contributed by atoms with Gasteiger partial charge in [0.25, 0.3) is 0 Å². The Hall–Kier alpha value is -1.79. The van der Waals surface area contributed by atoms with Crippen molar-refractivity contribution in [3.8, 4) is 0 Å². The highest BCUT2D eigenvalue weighted by Crippen LogP contribution is 2.09. The van der Waals surface area contributed by atoms with Gasteiger partial charge in [0.15, 0.2) is 0 Å². The molecule has 1 aliphatic heterocycles. The van der Waals surface area contributed by atoms with Crippen LogP contribution in [-0.4, -0.2) is 65.5 Å². The van der Waals surface area contributed by atoms with Gasteiger partial charge in [-0.15, -0.1) is 0 Å². The zero-order valence-corrected chi connectivity index (χ0v) is 12.8. The fourth-order valence-electron chi connectivity index (χ4n) is 2.28. The van der Waals surface area contributed by atoms with Crippen LogP contribution in [0.2, 0.25) is 0 Å². The van der Waals surface area contributed by atoms with Crippen molar-refractivity contribution < 1.29 is 19.5 Å². The molecule has 7 nitrogen and oxygen atoms in total. The summed E-state index contributed by atoms with van der Waals surface area (Å²) in [5.41, 5.74) is 0. The van der Waals surface area contributed by atoms with Crippen LogP contribution in [0.4, 0.5) is 4.79 Å². The highest BCUT2D eigenvalue weighted by Gasteiger charge is 2.21. The topological polar surface area (TPSA) is 90.0 Å². The Bertz CT molecular complexity index is 378. The Morgan fingerprint density at radius 1 is 1.10 bits per heavy atom. The van der Waals surface area contributed by atoms with Gasteiger partial charge in [-0.3, -0.25) is 9.59 Å². The van der Waals surface area contributed by atoms with Gasteiger partial charge in [-0.05, 0) is 18.8 Å². The summed E-state index contributed by atoms with van der Waals surface area (Å²) in [5, 5.41) is 11.5. The van der Waals surface area contributed by atoms with Gasteiger partial charge in [0, 0.05) is 46.1 Å². The number of carbonyl (C=O) groups excluding carboxylic acids is 2. The predicted octanol–water partition coefficient (Wildman–Crippen LogP) is 0.751. The molecule has 7 heteroatoms. The Morgan fingerprint density at radius 3 is 2.19 bits per heavy atom. The second kappa shape index (κ2) is 8.49. The zero-order chi connectivity index (χ0) is 15.8. The molecule has 1 unspecified atom stereocenters. The second-order valence-corrected chi connectivity index (χ2v) is 5.55. The molecule has 0 aromatic rings. The molecule has 1 heterocycles. The van der Waals surface area contributed by atoms with Crippen molar-refractivity contribution in [2.24, 2.45) is 5.92 Å². The van der Waals surface area contributed by atoms with Crippen LogP contribution >= 0.6 is 0 Å². The first kappa shape index (κ1) is 17.3. The van der Waals surface area contributed by atoms with Crippen LogP contribution < -0.4 is 5.32 Å². The van der Waals surface area contributed by atoms with E-state index in [1.54, 1.807) is 9.80 Å². The number of nitrogens with one attached hydrogen (secondary N) is 1. The molecule has 0 aliphatic carbocycles. The van der Waals surface area contributed by atoms with Crippen molar-refractivity contribution in [3.05, 3.63) is 0 Å². The van der Waals surface area contributed by atoms with Gasteiger partial charge in [-0.25, -0.2) is 4.79 Å². The predicted molar refractivity (Wildman–Crippen MR) is 77.9 cm³/mol. The zero-order valence-electron chi connectivity index (χ0n) is 12.8. The third-order valence-corrected chi connectivity index (χ3v) is 3.78. The van der Waals surface area contributed by atoms with Gasteiger partial charge >= 0.3 is 12.0 Å². The Labute approximate surface area is 125 Å². The molecule has 21 heavy (non-hydrogen) atoms. The minimum absolute atomic E-state index is 0.0438. The second-order valence-electron chi connectivity index (χ2n) is 5.55. The van der Waals surface area contributed by atoms with E-state index in [2.05, 4.69) is 5.32 Å². The lowest BCUT2D eigenvalue weighted by atomic mass is 10.0. The maximum Gasteiger partial charge on any atom is 0.317 e. The molecule has 1 atom stereocenters. The SMILES string of the molecule is CC(=O)N1CCN(C(=O)NCCC(C)CCC(=O)O)CC1. The lowest BCUT2D eigenvalue weighted by molar-refractivity contribution is -0.137. The molecular formula is C14H25N3O4.